The molecule has 0 aromatic heterocycles. The van der Waals surface area contributed by atoms with Gasteiger partial charge in [-0.3, -0.25) is 0 Å². The summed E-state index contributed by atoms with van der Waals surface area (Å²) < 4.78 is 39.1. The minimum atomic E-state index is -1.14. The molecular formula is C27H28F2O3. The average Bonchev–Trinajstić information content (AvgIpc) is 2.82. The van der Waals surface area contributed by atoms with E-state index in [0.717, 1.165) is 36.1 Å². The van der Waals surface area contributed by atoms with E-state index in [4.69, 9.17) is 9.47 Å². The van der Waals surface area contributed by atoms with E-state index < -0.39 is 23.4 Å². The number of hydrogen-bond acceptors (Lipinski definition) is 3. The van der Waals surface area contributed by atoms with Crippen molar-refractivity contribution in [2.45, 2.75) is 46.0 Å². The van der Waals surface area contributed by atoms with Crippen molar-refractivity contribution in [2.24, 2.45) is 0 Å². The standard InChI is InChI=1S/C27H28F2O3/c1-3-5-6-18-31-23-15-12-20(13-16-23)19-8-10-22(11-9-19)27(30)32-24-17-14-21(7-4-2)25(28)26(24)29/h8-17H,3-7,18H2,1-2H3. The van der Waals surface area contributed by atoms with Gasteiger partial charge in [0.1, 0.15) is 5.75 Å². The SMILES string of the molecule is CCCCCOc1ccc(-c2ccc(C(=O)Oc3ccc(CCC)c(F)c3F)cc2)cc1. The Morgan fingerprint density at radius 1 is 0.781 bits per heavy atom. The maximum Gasteiger partial charge on any atom is 0.343 e. The lowest BCUT2D eigenvalue weighted by Crippen LogP contribution is -2.10. The second kappa shape index (κ2) is 11.4. The third-order valence-electron chi connectivity index (χ3n) is 5.17. The molecule has 0 amide bonds. The van der Waals surface area contributed by atoms with Gasteiger partial charge < -0.3 is 9.47 Å². The number of aryl methyl sites for hydroxylation is 1. The minimum absolute atomic E-state index is 0.252. The highest BCUT2D eigenvalue weighted by atomic mass is 19.2. The van der Waals surface area contributed by atoms with Gasteiger partial charge in [0.2, 0.25) is 5.82 Å². The fourth-order valence-electron chi connectivity index (χ4n) is 3.36. The molecule has 5 heteroatoms. The number of ether oxygens (including phenoxy) is 2. The lowest BCUT2D eigenvalue weighted by molar-refractivity contribution is 0.0726. The number of benzene rings is 3. The average molecular weight is 439 g/mol. The van der Waals surface area contributed by atoms with Crippen molar-refractivity contribution in [3.63, 3.8) is 0 Å². The minimum Gasteiger partial charge on any atom is -0.494 e. The maximum atomic E-state index is 14.2. The molecule has 0 saturated heterocycles. The van der Waals surface area contributed by atoms with Gasteiger partial charge in [0.15, 0.2) is 11.6 Å². The van der Waals surface area contributed by atoms with Gasteiger partial charge in [-0.15, -0.1) is 0 Å². The first-order valence-corrected chi connectivity index (χ1v) is 11.1. The molecule has 0 fully saturated rings. The molecule has 0 aliphatic rings. The van der Waals surface area contributed by atoms with E-state index in [-0.39, 0.29) is 11.1 Å². The van der Waals surface area contributed by atoms with Crippen LogP contribution in [0.4, 0.5) is 8.78 Å². The van der Waals surface area contributed by atoms with Gasteiger partial charge in [-0.25, -0.2) is 9.18 Å². The molecule has 3 aromatic rings. The molecule has 3 nitrogen and oxygen atoms in total. The van der Waals surface area contributed by atoms with E-state index in [1.807, 2.05) is 31.2 Å². The van der Waals surface area contributed by atoms with Crippen LogP contribution in [0.5, 0.6) is 11.5 Å². The summed E-state index contributed by atoms with van der Waals surface area (Å²) in [5, 5.41) is 0. The number of unbranched alkanes of at least 4 members (excludes halogenated alkanes) is 2. The predicted octanol–water partition coefficient (Wildman–Crippen LogP) is 7.37. The smallest absolute Gasteiger partial charge is 0.343 e. The molecule has 3 aromatic carbocycles. The van der Waals surface area contributed by atoms with Gasteiger partial charge in [0.25, 0.3) is 0 Å². The van der Waals surface area contributed by atoms with Crippen molar-refractivity contribution in [3.05, 3.63) is 83.4 Å². The number of carbonyl (C=O) groups excluding carboxylic acids is 1. The van der Waals surface area contributed by atoms with E-state index in [1.165, 1.54) is 12.1 Å². The molecular weight excluding hydrogens is 410 g/mol. The van der Waals surface area contributed by atoms with Crippen LogP contribution < -0.4 is 9.47 Å². The third kappa shape index (κ3) is 5.94. The lowest BCUT2D eigenvalue weighted by Gasteiger charge is -2.10. The number of rotatable bonds is 10. The Balaban J connectivity index is 1.64. The fraction of sp³-hybridized carbons (Fsp3) is 0.296. The van der Waals surface area contributed by atoms with Gasteiger partial charge >= 0.3 is 5.97 Å². The molecule has 3 rings (SSSR count). The Bertz CT molecular complexity index is 1030. The molecule has 0 saturated carbocycles. The summed E-state index contributed by atoms with van der Waals surface area (Å²) in [5.41, 5.74) is 2.42. The van der Waals surface area contributed by atoms with E-state index in [0.29, 0.717) is 19.4 Å². The zero-order valence-electron chi connectivity index (χ0n) is 18.5. The van der Waals surface area contributed by atoms with Crippen molar-refractivity contribution < 1.29 is 23.0 Å². The normalized spacial score (nSPS) is 10.8. The van der Waals surface area contributed by atoms with E-state index >= 15 is 0 Å². The molecule has 0 radical (unpaired) electrons. The van der Waals surface area contributed by atoms with Crippen LogP contribution in [0, 0.1) is 11.6 Å². The van der Waals surface area contributed by atoms with Crippen LogP contribution in [0.2, 0.25) is 0 Å². The zero-order valence-corrected chi connectivity index (χ0v) is 18.5. The molecule has 0 aliphatic heterocycles. The molecule has 0 aliphatic carbocycles. The van der Waals surface area contributed by atoms with Gasteiger partial charge in [0.05, 0.1) is 12.2 Å². The Morgan fingerprint density at radius 3 is 2.06 bits per heavy atom. The number of esters is 1. The number of hydrogen-bond donors (Lipinski definition) is 0. The van der Waals surface area contributed by atoms with Gasteiger partial charge in [-0.1, -0.05) is 63.4 Å². The summed E-state index contributed by atoms with van der Waals surface area (Å²) in [5.74, 6) is -2.44. The highest BCUT2D eigenvalue weighted by Gasteiger charge is 2.17. The second-order valence-corrected chi connectivity index (χ2v) is 7.65. The van der Waals surface area contributed by atoms with Crippen LogP contribution >= 0.6 is 0 Å². The second-order valence-electron chi connectivity index (χ2n) is 7.65. The lowest BCUT2D eigenvalue weighted by atomic mass is 10.0. The Labute approximate surface area is 188 Å². The third-order valence-corrected chi connectivity index (χ3v) is 5.17. The summed E-state index contributed by atoms with van der Waals surface area (Å²) in [4.78, 5) is 12.4. The molecule has 0 unspecified atom stereocenters. The van der Waals surface area contributed by atoms with Crippen LogP contribution in [0.1, 0.15) is 55.5 Å². The summed E-state index contributed by atoms with van der Waals surface area (Å²) in [6, 6.07) is 17.3. The van der Waals surface area contributed by atoms with Crippen molar-refractivity contribution in [3.8, 4) is 22.6 Å². The van der Waals surface area contributed by atoms with Crippen molar-refractivity contribution in [2.75, 3.05) is 6.61 Å². The summed E-state index contributed by atoms with van der Waals surface area (Å²) in [7, 11) is 0. The van der Waals surface area contributed by atoms with Gasteiger partial charge in [-0.2, -0.15) is 4.39 Å². The van der Waals surface area contributed by atoms with Crippen molar-refractivity contribution >= 4 is 5.97 Å². The highest BCUT2D eigenvalue weighted by Crippen LogP contribution is 2.26. The predicted molar refractivity (Wildman–Crippen MR) is 122 cm³/mol. The van der Waals surface area contributed by atoms with Crippen molar-refractivity contribution in [1.29, 1.82) is 0 Å². The Kier molecular flexibility index (Phi) is 8.37. The Hall–Kier alpha value is -3.21. The van der Waals surface area contributed by atoms with Gasteiger partial charge in [0, 0.05) is 0 Å². The first kappa shape index (κ1) is 23.5. The molecule has 32 heavy (non-hydrogen) atoms. The van der Waals surface area contributed by atoms with Crippen LogP contribution in [0.3, 0.4) is 0 Å². The Morgan fingerprint density at radius 2 is 1.44 bits per heavy atom. The van der Waals surface area contributed by atoms with Crippen LogP contribution in [0.25, 0.3) is 11.1 Å². The molecule has 0 N–H and O–H groups in total. The first-order valence-electron chi connectivity index (χ1n) is 11.1. The van der Waals surface area contributed by atoms with Gasteiger partial charge in [-0.05, 0) is 59.9 Å². The topological polar surface area (TPSA) is 35.5 Å². The molecule has 168 valence electrons. The van der Waals surface area contributed by atoms with Crippen LogP contribution in [0.15, 0.2) is 60.7 Å². The monoisotopic (exact) mass is 438 g/mol. The fourth-order valence-corrected chi connectivity index (χ4v) is 3.36. The highest BCUT2D eigenvalue weighted by molar-refractivity contribution is 5.91. The van der Waals surface area contributed by atoms with Crippen LogP contribution in [-0.2, 0) is 6.42 Å². The van der Waals surface area contributed by atoms with Crippen LogP contribution in [-0.4, -0.2) is 12.6 Å². The molecule has 0 spiro atoms. The maximum absolute atomic E-state index is 14.2. The quantitative estimate of drug-likeness (QED) is 0.188. The van der Waals surface area contributed by atoms with E-state index in [1.54, 1.807) is 24.3 Å². The largest absolute Gasteiger partial charge is 0.494 e. The molecule has 0 bridgehead atoms. The number of halogens is 2. The van der Waals surface area contributed by atoms with Crippen molar-refractivity contribution in [1.82, 2.24) is 0 Å². The summed E-state index contributed by atoms with van der Waals surface area (Å²) in [6.45, 7) is 4.74. The molecule has 0 heterocycles. The number of carbonyl (C=O) groups is 1. The zero-order chi connectivity index (χ0) is 22.9. The molecule has 0 atom stereocenters. The first-order chi connectivity index (χ1) is 15.5. The van der Waals surface area contributed by atoms with E-state index in [9.17, 15) is 13.6 Å². The summed E-state index contributed by atoms with van der Waals surface area (Å²) in [6.07, 6.45) is 4.46. The summed E-state index contributed by atoms with van der Waals surface area (Å²) >= 11 is 0. The van der Waals surface area contributed by atoms with E-state index in [2.05, 4.69) is 6.92 Å².